The lowest BCUT2D eigenvalue weighted by molar-refractivity contribution is 0.801. The molecule has 4 aromatic rings. The van der Waals surface area contributed by atoms with E-state index in [1.54, 1.807) is 0 Å². The third-order valence-corrected chi connectivity index (χ3v) is 4.94. The Kier molecular flexibility index (Phi) is 4.59. The molecule has 0 radical (unpaired) electrons. The largest absolute Gasteiger partial charge is 0.339 e. The number of hydrogen-bond acceptors (Lipinski definition) is 4. The van der Waals surface area contributed by atoms with Gasteiger partial charge in [0.1, 0.15) is 0 Å². The van der Waals surface area contributed by atoms with Crippen LogP contribution in [0.15, 0.2) is 53.6 Å². The molecule has 0 fully saturated rings. The molecule has 2 N–H and O–H groups in total. The van der Waals surface area contributed by atoms with Gasteiger partial charge in [0.05, 0.1) is 12.9 Å². The number of hydrogen-bond donors (Lipinski definition) is 2. The Morgan fingerprint density at radius 2 is 2.00 bits per heavy atom. The Hall–Kier alpha value is -2.83. The predicted octanol–water partition coefficient (Wildman–Crippen LogP) is 4.53. The zero-order valence-electron chi connectivity index (χ0n) is 14.3. The van der Waals surface area contributed by atoms with Crippen LogP contribution in [-0.2, 0) is 6.54 Å². The van der Waals surface area contributed by atoms with Crippen LogP contribution in [0.3, 0.4) is 0 Å². The Morgan fingerprint density at radius 3 is 2.81 bits per heavy atom. The SMILES string of the molecule is Cc1c(Cl)cccc1Nc1nc(=O)c2[nH]cnc2n1Cc1cccc(Cl)c1. The van der Waals surface area contributed by atoms with E-state index in [-0.39, 0.29) is 5.56 Å². The average Bonchev–Trinajstić information content (AvgIpc) is 3.13. The number of benzene rings is 2. The normalized spacial score (nSPS) is 11.1. The highest BCUT2D eigenvalue weighted by Crippen LogP contribution is 2.26. The van der Waals surface area contributed by atoms with Crippen LogP contribution < -0.4 is 10.9 Å². The summed E-state index contributed by atoms with van der Waals surface area (Å²) < 4.78 is 1.83. The van der Waals surface area contributed by atoms with Gasteiger partial charge in [0.25, 0.3) is 0 Å². The van der Waals surface area contributed by atoms with Gasteiger partial charge in [-0.15, -0.1) is 0 Å². The number of H-pyrrole nitrogens is 1. The lowest BCUT2D eigenvalue weighted by Crippen LogP contribution is -2.18. The van der Waals surface area contributed by atoms with Gasteiger partial charge in [-0.2, -0.15) is 4.98 Å². The molecule has 0 aliphatic rings. The van der Waals surface area contributed by atoms with Gasteiger partial charge in [0.15, 0.2) is 11.2 Å². The van der Waals surface area contributed by atoms with Crippen molar-refractivity contribution >= 4 is 46.0 Å². The van der Waals surface area contributed by atoms with Gasteiger partial charge in [-0.3, -0.25) is 9.36 Å². The van der Waals surface area contributed by atoms with Crippen LogP contribution in [-0.4, -0.2) is 19.5 Å². The standard InChI is InChI=1S/C19H15Cl2N5O/c1-11-14(21)6-3-7-15(11)24-19-25-18(27)16-17(23-10-22-16)26(19)9-12-4-2-5-13(20)8-12/h2-8,10H,9H2,1H3,(H,22,23)(H,24,25,27). The molecule has 2 aromatic heterocycles. The maximum atomic E-state index is 12.4. The number of rotatable bonds is 4. The number of imidazole rings is 1. The van der Waals surface area contributed by atoms with Crippen molar-refractivity contribution in [3.63, 3.8) is 0 Å². The lowest BCUT2D eigenvalue weighted by atomic mass is 10.2. The molecule has 2 aromatic carbocycles. The molecule has 0 saturated carbocycles. The molecule has 8 heteroatoms. The first-order valence-electron chi connectivity index (χ1n) is 8.23. The van der Waals surface area contributed by atoms with Gasteiger partial charge in [0, 0.05) is 15.7 Å². The van der Waals surface area contributed by atoms with Crippen molar-refractivity contribution in [1.82, 2.24) is 19.5 Å². The van der Waals surface area contributed by atoms with Gasteiger partial charge >= 0.3 is 5.56 Å². The first-order chi connectivity index (χ1) is 13.0. The Labute approximate surface area is 164 Å². The van der Waals surface area contributed by atoms with E-state index in [2.05, 4.69) is 20.3 Å². The molecule has 4 rings (SSSR count). The second-order valence-electron chi connectivity index (χ2n) is 6.10. The van der Waals surface area contributed by atoms with E-state index in [0.717, 1.165) is 16.8 Å². The number of nitrogens with one attached hydrogen (secondary N) is 2. The molecule has 136 valence electrons. The summed E-state index contributed by atoms with van der Waals surface area (Å²) in [6.07, 6.45) is 1.48. The third-order valence-electron chi connectivity index (χ3n) is 4.30. The number of fused-ring (bicyclic) bond motifs is 1. The number of anilines is 2. The molecule has 0 aliphatic carbocycles. The maximum Gasteiger partial charge on any atom is 0.300 e. The van der Waals surface area contributed by atoms with Crippen LogP contribution >= 0.6 is 23.2 Å². The van der Waals surface area contributed by atoms with Crippen molar-refractivity contribution < 1.29 is 0 Å². The van der Waals surface area contributed by atoms with E-state index in [4.69, 9.17) is 23.2 Å². The van der Waals surface area contributed by atoms with E-state index in [0.29, 0.717) is 33.7 Å². The minimum absolute atomic E-state index is 0.352. The van der Waals surface area contributed by atoms with Crippen LogP contribution in [0.25, 0.3) is 11.2 Å². The molecular formula is C19H15Cl2N5O. The van der Waals surface area contributed by atoms with Gasteiger partial charge in [-0.1, -0.05) is 41.4 Å². The zero-order chi connectivity index (χ0) is 19.0. The molecule has 0 aliphatic heterocycles. The van der Waals surface area contributed by atoms with Gasteiger partial charge in [-0.05, 0) is 42.3 Å². The first kappa shape index (κ1) is 17.6. The van der Waals surface area contributed by atoms with E-state index in [1.807, 2.05) is 54.0 Å². The number of aromatic amines is 1. The fourth-order valence-corrected chi connectivity index (χ4v) is 3.28. The average molecular weight is 400 g/mol. The second kappa shape index (κ2) is 7.06. The lowest BCUT2D eigenvalue weighted by Gasteiger charge is -2.16. The van der Waals surface area contributed by atoms with Crippen molar-refractivity contribution in [1.29, 1.82) is 0 Å². The highest BCUT2D eigenvalue weighted by Gasteiger charge is 2.15. The van der Waals surface area contributed by atoms with Crippen molar-refractivity contribution in [3.05, 3.63) is 80.3 Å². The van der Waals surface area contributed by atoms with Crippen LogP contribution in [0.1, 0.15) is 11.1 Å². The summed E-state index contributed by atoms with van der Waals surface area (Å²) in [6, 6.07) is 13.0. The molecule has 6 nitrogen and oxygen atoms in total. The maximum absolute atomic E-state index is 12.4. The number of aromatic nitrogens is 4. The van der Waals surface area contributed by atoms with Crippen molar-refractivity contribution in [2.45, 2.75) is 13.5 Å². The monoisotopic (exact) mass is 399 g/mol. The van der Waals surface area contributed by atoms with E-state index in [1.165, 1.54) is 6.33 Å². The predicted molar refractivity (Wildman–Crippen MR) is 108 cm³/mol. The summed E-state index contributed by atoms with van der Waals surface area (Å²) in [4.78, 5) is 23.7. The number of nitrogens with zero attached hydrogens (tertiary/aromatic N) is 3. The topological polar surface area (TPSA) is 75.6 Å². The van der Waals surface area contributed by atoms with Gasteiger partial charge in [0.2, 0.25) is 5.95 Å². The van der Waals surface area contributed by atoms with Crippen molar-refractivity contribution in [3.8, 4) is 0 Å². The first-order valence-corrected chi connectivity index (χ1v) is 8.99. The van der Waals surface area contributed by atoms with E-state index >= 15 is 0 Å². The van der Waals surface area contributed by atoms with Gasteiger partial charge in [-0.25, -0.2) is 4.98 Å². The minimum Gasteiger partial charge on any atom is -0.339 e. The molecule has 2 heterocycles. The smallest absolute Gasteiger partial charge is 0.300 e. The summed E-state index contributed by atoms with van der Waals surface area (Å²) in [5, 5.41) is 4.49. The van der Waals surface area contributed by atoms with Gasteiger partial charge < -0.3 is 10.3 Å². The van der Waals surface area contributed by atoms with Crippen LogP contribution in [0, 0.1) is 6.92 Å². The summed E-state index contributed by atoms with van der Waals surface area (Å²) in [7, 11) is 0. The van der Waals surface area contributed by atoms with Crippen LogP contribution in [0.4, 0.5) is 11.6 Å². The molecule has 0 atom stereocenters. The van der Waals surface area contributed by atoms with E-state index in [9.17, 15) is 4.79 Å². The fourth-order valence-electron chi connectivity index (χ4n) is 2.89. The summed E-state index contributed by atoms with van der Waals surface area (Å²) in [6.45, 7) is 2.34. The molecule has 0 spiro atoms. The molecule has 0 unspecified atom stereocenters. The Balaban J connectivity index is 1.86. The highest BCUT2D eigenvalue weighted by atomic mass is 35.5. The summed E-state index contributed by atoms with van der Waals surface area (Å²) >= 11 is 12.3. The minimum atomic E-state index is -0.382. The van der Waals surface area contributed by atoms with Crippen molar-refractivity contribution in [2.24, 2.45) is 0 Å². The zero-order valence-corrected chi connectivity index (χ0v) is 15.8. The summed E-state index contributed by atoms with van der Waals surface area (Å²) in [5.41, 5.74) is 3.08. The Morgan fingerprint density at radius 1 is 1.19 bits per heavy atom. The summed E-state index contributed by atoms with van der Waals surface area (Å²) in [5.74, 6) is 0.380. The molecule has 0 saturated heterocycles. The molecule has 0 amide bonds. The Bertz CT molecular complexity index is 1200. The van der Waals surface area contributed by atoms with E-state index < -0.39 is 0 Å². The van der Waals surface area contributed by atoms with Crippen LogP contribution in [0.2, 0.25) is 10.0 Å². The van der Waals surface area contributed by atoms with Crippen LogP contribution in [0.5, 0.6) is 0 Å². The molecule has 27 heavy (non-hydrogen) atoms. The molecule has 0 bridgehead atoms. The molecular weight excluding hydrogens is 385 g/mol. The quantitative estimate of drug-likeness (QED) is 0.528. The number of halogens is 2. The highest BCUT2D eigenvalue weighted by molar-refractivity contribution is 6.31. The fraction of sp³-hybridized carbons (Fsp3) is 0.105. The second-order valence-corrected chi connectivity index (χ2v) is 6.94. The van der Waals surface area contributed by atoms with Crippen molar-refractivity contribution in [2.75, 3.05) is 5.32 Å². The third kappa shape index (κ3) is 3.41.